The standard InChI is InChI=1S/C23H31NO9/c1-7-17-19(31-14(3)25)13(2)22(5,33-15(4)26)21(28)30-12-16-8-10-24(6)11-9-18(23(16,24)29)32-20(17)27/h7-8,13,18-19H,9-12H2,1-6H3/b17-7-/t13-,18+,19-,22-,23?,24?/m0/s1. The molecule has 0 bridgehead atoms. The van der Waals surface area contributed by atoms with Gasteiger partial charge in [-0.25, -0.2) is 9.59 Å². The fourth-order valence-electron chi connectivity index (χ4n) is 5.05. The number of carbonyl (C=O) groups is 4. The van der Waals surface area contributed by atoms with Crippen molar-refractivity contribution >= 4 is 23.9 Å². The van der Waals surface area contributed by atoms with Crippen LogP contribution in [0, 0.1) is 5.92 Å². The Kier molecular flexibility index (Phi) is 6.47. The fourth-order valence-corrected chi connectivity index (χ4v) is 5.05. The third-order valence-corrected chi connectivity index (χ3v) is 7.16. The van der Waals surface area contributed by atoms with Crippen LogP contribution in [0.3, 0.4) is 0 Å². The van der Waals surface area contributed by atoms with E-state index in [0.29, 0.717) is 25.1 Å². The summed E-state index contributed by atoms with van der Waals surface area (Å²) in [5, 5.41) is 14.1. The molecule has 0 saturated carbocycles. The van der Waals surface area contributed by atoms with Crippen LogP contribution in [0.4, 0.5) is 0 Å². The van der Waals surface area contributed by atoms with Gasteiger partial charge >= 0.3 is 23.9 Å². The number of likely N-dealkylation sites (N-methyl/N-ethyl adjacent to an activating group) is 1. The molecule has 3 heterocycles. The summed E-state index contributed by atoms with van der Waals surface area (Å²) >= 11 is 0. The van der Waals surface area contributed by atoms with Crippen molar-refractivity contribution in [1.29, 1.82) is 0 Å². The molecule has 10 nitrogen and oxygen atoms in total. The first kappa shape index (κ1) is 24.9. The summed E-state index contributed by atoms with van der Waals surface area (Å²) in [6.45, 7) is 7.24. The van der Waals surface area contributed by atoms with E-state index in [0.717, 1.165) is 13.8 Å². The average Bonchev–Trinajstić information content (AvgIpc) is 3.12. The lowest BCUT2D eigenvalue weighted by Gasteiger charge is -2.50. The van der Waals surface area contributed by atoms with Gasteiger partial charge in [0, 0.05) is 31.8 Å². The lowest BCUT2D eigenvalue weighted by atomic mass is 9.82. The van der Waals surface area contributed by atoms with E-state index in [2.05, 4.69) is 0 Å². The van der Waals surface area contributed by atoms with E-state index < -0.39 is 53.3 Å². The van der Waals surface area contributed by atoms with E-state index in [1.165, 1.54) is 19.9 Å². The quantitative estimate of drug-likeness (QED) is 0.184. The molecule has 0 aromatic rings. The van der Waals surface area contributed by atoms with Crippen molar-refractivity contribution in [1.82, 2.24) is 0 Å². The molecule has 33 heavy (non-hydrogen) atoms. The Morgan fingerprint density at radius 3 is 2.52 bits per heavy atom. The summed E-state index contributed by atoms with van der Waals surface area (Å²) in [4.78, 5) is 50.3. The van der Waals surface area contributed by atoms with Gasteiger partial charge in [0.1, 0.15) is 12.7 Å². The van der Waals surface area contributed by atoms with E-state index in [9.17, 15) is 24.3 Å². The number of esters is 4. The van der Waals surface area contributed by atoms with Gasteiger partial charge in [-0.3, -0.25) is 9.59 Å². The maximum absolute atomic E-state index is 14.1. The molecule has 182 valence electrons. The Hall–Kier alpha value is -2.72. The predicted molar refractivity (Wildman–Crippen MR) is 111 cm³/mol. The number of hydrogen-bond acceptors (Lipinski definition) is 9. The van der Waals surface area contributed by atoms with Crippen LogP contribution in [0.5, 0.6) is 0 Å². The second kappa shape index (κ2) is 8.57. The minimum absolute atomic E-state index is 0.0577. The van der Waals surface area contributed by atoms with Crippen molar-refractivity contribution in [2.75, 3.05) is 26.7 Å². The normalized spacial score (nSPS) is 40.0. The molecule has 0 aliphatic carbocycles. The number of carbonyl (C=O) groups excluding carboxylic acids is 4. The first-order chi connectivity index (χ1) is 15.3. The van der Waals surface area contributed by atoms with Crippen molar-refractivity contribution in [2.45, 2.75) is 64.6 Å². The Bertz CT molecular complexity index is 940. The Balaban J connectivity index is 2.13. The molecule has 6 atom stereocenters. The average molecular weight is 465 g/mol. The second-order valence-corrected chi connectivity index (χ2v) is 9.25. The minimum Gasteiger partial charge on any atom is -0.797 e. The number of quaternary nitrogens is 1. The molecule has 2 unspecified atom stereocenters. The molecule has 0 aromatic heterocycles. The van der Waals surface area contributed by atoms with Crippen molar-refractivity contribution < 1.29 is 47.7 Å². The lowest BCUT2D eigenvalue weighted by molar-refractivity contribution is -1.01. The third-order valence-electron chi connectivity index (χ3n) is 7.16. The van der Waals surface area contributed by atoms with Crippen LogP contribution < -0.4 is 5.11 Å². The fraction of sp³-hybridized carbons (Fsp3) is 0.652. The summed E-state index contributed by atoms with van der Waals surface area (Å²) in [5.41, 5.74) is -3.49. The minimum atomic E-state index is -1.91. The molecular formula is C23H31NO9. The second-order valence-electron chi connectivity index (χ2n) is 9.25. The lowest BCUT2D eigenvalue weighted by Crippen LogP contribution is -2.69. The van der Waals surface area contributed by atoms with Crippen molar-refractivity contribution in [2.24, 2.45) is 5.92 Å². The Labute approximate surface area is 192 Å². The molecule has 2 saturated heterocycles. The highest BCUT2D eigenvalue weighted by Gasteiger charge is 2.59. The van der Waals surface area contributed by atoms with Crippen LogP contribution in [-0.4, -0.2) is 78.6 Å². The van der Waals surface area contributed by atoms with Crippen molar-refractivity contribution in [3.8, 4) is 0 Å². The predicted octanol–water partition coefficient (Wildman–Crippen LogP) is 0.138. The summed E-state index contributed by atoms with van der Waals surface area (Å²) < 4.78 is 22.1. The highest BCUT2D eigenvalue weighted by atomic mass is 16.6. The van der Waals surface area contributed by atoms with Gasteiger partial charge in [-0.15, -0.1) is 0 Å². The van der Waals surface area contributed by atoms with Crippen LogP contribution in [0.2, 0.25) is 0 Å². The molecule has 10 heteroatoms. The molecule has 0 amide bonds. The van der Waals surface area contributed by atoms with Crippen LogP contribution in [-0.2, 0) is 38.1 Å². The molecular weight excluding hydrogens is 434 g/mol. The monoisotopic (exact) mass is 465 g/mol. The van der Waals surface area contributed by atoms with Crippen LogP contribution in [0.1, 0.15) is 41.0 Å². The first-order valence-electron chi connectivity index (χ1n) is 11.0. The van der Waals surface area contributed by atoms with Gasteiger partial charge in [0.15, 0.2) is 6.10 Å². The zero-order valence-electron chi connectivity index (χ0n) is 19.8. The number of cyclic esters (lactones) is 1. The zero-order valence-corrected chi connectivity index (χ0v) is 19.8. The largest absolute Gasteiger partial charge is 0.797 e. The first-order valence-corrected chi connectivity index (χ1v) is 11.0. The number of hydrogen-bond donors (Lipinski definition) is 0. The van der Waals surface area contributed by atoms with Gasteiger partial charge in [-0.1, -0.05) is 13.0 Å². The highest BCUT2D eigenvalue weighted by molar-refractivity contribution is 5.91. The molecule has 0 aromatic carbocycles. The van der Waals surface area contributed by atoms with Gasteiger partial charge in [0.2, 0.25) is 5.60 Å². The smallest absolute Gasteiger partial charge is 0.351 e. The van der Waals surface area contributed by atoms with Gasteiger partial charge in [0.05, 0.1) is 31.4 Å². The van der Waals surface area contributed by atoms with Gasteiger partial charge in [0.25, 0.3) is 0 Å². The maximum atomic E-state index is 14.1. The van der Waals surface area contributed by atoms with Crippen LogP contribution in [0.15, 0.2) is 23.3 Å². The number of rotatable bonds is 2. The maximum Gasteiger partial charge on any atom is 0.351 e. The Morgan fingerprint density at radius 2 is 1.94 bits per heavy atom. The van der Waals surface area contributed by atoms with E-state index in [1.54, 1.807) is 20.0 Å². The topological polar surface area (TPSA) is 128 Å². The van der Waals surface area contributed by atoms with Gasteiger partial charge in [-0.2, -0.15) is 0 Å². The van der Waals surface area contributed by atoms with E-state index >= 15 is 0 Å². The third kappa shape index (κ3) is 3.95. The molecule has 0 N–H and O–H groups in total. The number of nitrogens with zero attached hydrogens (tertiary/aromatic N) is 1. The van der Waals surface area contributed by atoms with Gasteiger partial charge < -0.3 is 28.5 Å². The number of ether oxygens (including phenoxy) is 4. The molecule has 3 aliphatic heterocycles. The molecule has 0 spiro atoms. The molecule has 3 rings (SSSR count). The van der Waals surface area contributed by atoms with Crippen LogP contribution in [0.25, 0.3) is 0 Å². The SMILES string of the molecule is C/C=C1\C(=O)O[C@@H]2CC[N+]3(C)CC=C(COC(=O)[C@@](C)(OC(C)=O)[C@@H](C)[C@@H]1OC(C)=O)C23[O-]. The Morgan fingerprint density at radius 1 is 1.27 bits per heavy atom. The summed E-state index contributed by atoms with van der Waals surface area (Å²) in [6, 6.07) is 0. The summed E-state index contributed by atoms with van der Waals surface area (Å²) in [5.74, 6) is -4.23. The molecule has 2 fully saturated rings. The van der Waals surface area contributed by atoms with Crippen molar-refractivity contribution in [3.05, 3.63) is 23.3 Å². The number of allylic oxidation sites excluding steroid dienone is 1. The molecule has 0 radical (unpaired) electrons. The van der Waals surface area contributed by atoms with Crippen LogP contribution >= 0.6 is 0 Å². The summed E-state index contributed by atoms with van der Waals surface area (Å²) in [7, 11) is 1.78. The highest BCUT2D eigenvalue weighted by Crippen LogP contribution is 2.44. The van der Waals surface area contributed by atoms with Gasteiger partial charge in [-0.05, 0) is 19.9 Å². The zero-order chi connectivity index (χ0) is 24.8. The van der Waals surface area contributed by atoms with E-state index in [1.807, 2.05) is 0 Å². The van der Waals surface area contributed by atoms with Crippen molar-refractivity contribution in [3.63, 3.8) is 0 Å². The van der Waals surface area contributed by atoms with E-state index in [4.69, 9.17) is 18.9 Å². The molecule has 3 aliphatic rings. The summed E-state index contributed by atoms with van der Waals surface area (Å²) in [6.07, 6.45) is 1.18. The van der Waals surface area contributed by atoms with E-state index in [-0.39, 0.29) is 16.7 Å².